The Morgan fingerprint density at radius 3 is 2.52 bits per heavy atom. The van der Waals surface area contributed by atoms with Gasteiger partial charge in [0.25, 0.3) is 10.0 Å². The van der Waals surface area contributed by atoms with Crippen molar-refractivity contribution in [3.05, 3.63) is 47.0 Å². The molecule has 0 bridgehead atoms. The minimum atomic E-state index is -4.04. The van der Waals surface area contributed by atoms with Gasteiger partial charge >= 0.3 is 5.97 Å². The van der Waals surface area contributed by atoms with E-state index in [0.717, 1.165) is 12.5 Å². The van der Waals surface area contributed by atoms with Gasteiger partial charge in [-0.15, -0.1) is 0 Å². The first-order chi connectivity index (χ1) is 13.6. The summed E-state index contributed by atoms with van der Waals surface area (Å²) in [4.78, 5) is 24.8. The molecule has 9 heteroatoms. The summed E-state index contributed by atoms with van der Waals surface area (Å²) in [6.45, 7) is 3.87. The van der Waals surface area contributed by atoms with E-state index >= 15 is 0 Å². The van der Waals surface area contributed by atoms with Crippen molar-refractivity contribution in [2.24, 2.45) is 0 Å². The number of carboxylic acid groups (broad SMARTS) is 1. The third-order valence-electron chi connectivity index (χ3n) is 4.95. The average Bonchev–Trinajstić information content (AvgIpc) is 3.08. The van der Waals surface area contributed by atoms with Crippen molar-refractivity contribution in [3.63, 3.8) is 0 Å². The van der Waals surface area contributed by atoms with Crippen LogP contribution in [-0.2, 0) is 14.8 Å². The SMILES string of the molecule is COc1cc(NS(=O)(=O)c2cc(C(=O)O)cc(C)c2C)ccc1N1CCCC1=O. The first kappa shape index (κ1) is 20.7. The van der Waals surface area contributed by atoms with Gasteiger partial charge in [-0.05, 0) is 55.7 Å². The number of anilines is 2. The van der Waals surface area contributed by atoms with Gasteiger partial charge in [-0.3, -0.25) is 9.52 Å². The summed E-state index contributed by atoms with van der Waals surface area (Å²) in [7, 11) is -2.59. The van der Waals surface area contributed by atoms with Gasteiger partial charge in [0.2, 0.25) is 5.91 Å². The maximum absolute atomic E-state index is 12.9. The van der Waals surface area contributed by atoms with E-state index in [2.05, 4.69) is 4.72 Å². The van der Waals surface area contributed by atoms with Crippen LogP contribution in [0, 0.1) is 13.8 Å². The first-order valence-electron chi connectivity index (χ1n) is 9.00. The highest BCUT2D eigenvalue weighted by molar-refractivity contribution is 7.92. The number of sulfonamides is 1. The van der Waals surface area contributed by atoms with Crippen LogP contribution in [-0.4, -0.2) is 39.1 Å². The van der Waals surface area contributed by atoms with Crippen LogP contribution in [0.15, 0.2) is 35.2 Å². The van der Waals surface area contributed by atoms with Crippen molar-refractivity contribution in [1.82, 2.24) is 0 Å². The van der Waals surface area contributed by atoms with Crippen molar-refractivity contribution < 1.29 is 27.9 Å². The van der Waals surface area contributed by atoms with Crippen LogP contribution in [0.3, 0.4) is 0 Å². The van der Waals surface area contributed by atoms with Gasteiger partial charge in [0.1, 0.15) is 5.75 Å². The molecule has 0 atom stereocenters. The van der Waals surface area contributed by atoms with Crippen LogP contribution < -0.4 is 14.4 Å². The van der Waals surface area contributed by atoms with Crippen LogP contribution >= 0.6 is 0 Å². The third kappa shape index (κ3) is 4.04. The quantitative estimate of drug-likeness (QED) is 0.746. The summed E-state index contributed by atoms with van der Waals surface area (Å²) in [5, 5.41) is 9.24. The molecule has 1 aliphatic heterocycles. The molecule has 0 aliphatic carbocycles. The fourth-order valence-corrected chi connectivity index (χ4v) is 4.70. The Bertz CT molecular complexity index is 1090. The Labute approximate surface area is 169 Å². The Kier molecular flexibility index (Phi) is 5.52. The standard InChI is InChI=1S/C20H22N2O6S/c1-12-9-14(20(24)25)10-18(13(12)2)29(26,27)21-15-6-7-16(17(11-15)28-3)22-8-4-5-19(22)23/h6-7,9-11,21H,4-5,8H2,1-3H3,(H,24,25). The number of methoxy groups -OCH3 is 1. The van der Waals surface area contributed by atoms with E-state index < -0.39 is 16.0 Å². The zero-order chi connectivity index (χ0) is 21.3. The Hall–Kier alpha value is -3.07. The molecular formula is C20H22N2O6S. The van der Waals surface area contributed by atoms with Crippen LogP contribution in [0.5, 0.6) is 5.75 Å². The largest absolute Gasteiger partial charge is 0.494 e. The zero-order valence-corrected chi connectivity index (χ0v) is 17.2. The van der Waals surface area contributed by atoms with E-state index in [1.165, 1.54) is 19.2 Å². The molecule has 0 spiro atoms. The van der Waals surface area contributed by atoms with Crippen LogP contribution in [0.2, 0.25) is 0 Å². The number of aromatic carboxylic acids is 1. The van der Waals surface area contributed by atoms with Crippen molar-refractivity contribution in [3.8, 4) is 5.75 Å². The van der Waals surface area contributed by atoms with E-state index in [-0.39, 0.29) is 22.1 Å². The van der Waals surface area contributed by atoms with E-state index in [1.54, 1.807) is 30.9 Å². The molecule has 1 saturated heterocycles. The predicted molar refractivity (Wildman–Crippen MR) is 108 cm³/mol. The maximum atomic E-state index is 12.9. The van der Waals surface area contributed by atoms with Crippen molar-refractivity contribution in [2.75, 3.05) is 23.3 Å². The number of carboxylic acids is 1. The van der Waals surface area contributed by atoms with Crippen molar-refractivity contribution in [1.29, 1.82) is 0 Å². The number of hydrogen-bond donors (Lipinski definition) is 2. The number of aryl methyl sites for hydroxylation is 1. The lowest BCUT2D eigenvalue weighted by Crippen LogP contribution is -2.24. The first-order valence-corrected chi connectivity index (χ1v) is 10.5. The number of hydrogen-bond acceptors (Lipinski definition) is 5. The maximum Gasteiger partial charge on any atom is 0.335 e. The molecule has 2 aromatic carbocycles. The van der Waals surface area contributed by atoms with Gasteiger partial charge < -0.3 is 14.7 Å². The minimum Gasteiger partial charge on any atom is -0.494 e. The number of benzene rings is 2. The monoisotopic (exact) mass is 418 g/mol. The minimum absolute atomic E-state index is 0.00628. The number of carbonyl (C=O) groups excluding carboxylic acids is 1. The number of nitrogens with one attached hydrogen (secondary N) is 1. The van der Waals surface area contributed by atoms with E-state index in [9.17, 15) is 23.1 Å². The lowest BCUT2D eigenvalue weighted by molar-refractivity contribution is -0.117. The van der Waals surface area contributed by atoms with Gasteiger partial charge in [-0.25, -0.2) is 13.2 Å². The topological polar surface area (TPSA) is 113 Å². The molecule has 3 rings (SSSR count). The predicted octanol–water partition coefficient (Wildman–Crippen LogP) is 2.94. The molecule has 154 valence electrons. The lowest BCUT2D eigenvalue weighted by atomic mass is 10.1. The highest BCUT2D eigenvalue weighted by atomic mass is 32.2. The highest BCUT2D eigenvalue weighted by Crippen LogP contribution is 2.34. The zero-order valence-electron chi connectivity index (χ0n) is 16.4. The second-order valence-corrected chi connectivity index (χ2v) is 8.51. The van der Waals surface area contributed by atoms with Crippen molar-refractivity contribution in [2.45, 2.75) is 31.6 Å². The lowest BCUT2D eigenvalue weighted by Gasteiger charge is -2.20. The van der Waals surface area contributed by atoms with Gasteiger partial charge in [-0.2, -0.15) is 0 Å². The fourth-order valence-electron chi connectivity index (χ4n) is 3.31. The summed E-state index contributed by atoms with van der Waals surface area (Å²) in [5.41, 5.74) is 1.75. The van der Waals surface area contributed by atoms with Crippen LogP contribution in [0.4, 0.5) is 11.4 Å². The summed E-state index contributed by atoms with van der Waals surface area (Å²) in [6.07, 6.45) is 1.23. The number of nitrogens with zero attached hydrogens (tertiary/aromatic N) is 1. The normalized spacial score (nSPS) is 14.2. The molecule has 1 heterocycles. The molecule has 0 aromatic heterocycles. The van der Waals surface area contributed by atoms with E-state index in [0.29, 0.717) is 35.5 Å². The van der Waals surface area contributed by atoms with Crippen LogP contribution in [0.25, 0.3) is 0 Å². The number of rotatable bonds is 6. The second-order valence-electron chi connectivity index (χ2n) is 6.86. The molecule has 8 nitrogen and oxygen atoms in total. The average molecular weight is 418 g/mol. The summed E-state index contributed by atoms with van der Waals surface area (Å²) >= 11 is 0. The number of amides is 1. The van der Waals surface area contributed by atoms with Gasteiger partial charge in [0.15, 0.2) is 0 Å². The van der Waals surface area contributed by atoms with Crippen molar-refractivity contribution >= 4 is 33.3 Å². The molecule has 29 heavy (non-hydrogen) atoms. The molecule has 1 fully saturated rings. The highest BCUT2D eigenvalue weighted by Gasteiger charge is 2.26. The Morgan fingerprint density at radius 1 is 1.21 bits per heavy atom. The fraction of sp³-hybridized carbons (Fsp3) is 0.300. The molecule has 1 aliphatic rings. The van der Waals surface area contributed by atoms with E-state index in [1.807, 2.05) is 0 Å². The molecular weight excluding hydrogens is 396 g/mol. The summed E-state index contributed by atoms with van der Waals surface area (Å²) in [5.74, 6) is -0.841. The van der Waals surface area contributed by atoms with Crippen LogP contribution in [0.1, 0.15) is 34.3 Å². The second kappa shape index (κ2) is 7.75. The number of ether oxygens (including phenoxy) is 1. The molecule has 0 radical (unpaired) electrons. The molecule has 2 N–H and O–H groups in total. The summed E-state index contributed by atoms with van der Waals surface area (Å²) in [6, 6.07) is 7.25. The smallest absolute Gasteiger partial charge is 0.335 e. The molecule has 0 unspecified atom stereocenters. The summed E-state index contributed by atoms with van der Waals surface area (Å²) < 4.78 is 33.7. The Morgan fingerprint density at radius 2 is 1.93 bits per heavy atom. The van der Waals surface area contributed by atoms with Gasteiger partial charge in [0, 0.05) is 19.0 Å². The molecule has 1 amide bonds. The van der Waals surface area contributed by atoms with Gasteiger partial charge in [0.05, 0.1) is 28.9 Å². The molecule has 0 saturated carbocycles. The molecule has 2 aromatic rings. The number of carbonyl (C=O) groups is 2. The third-order valence-corrected chi connectivity index (χ3v) is 6.46. The van der Waals surface area contributed by atoms with E-state index in [4.69, 9.17) is 4.74 Å². The Balaban J connectivity index is 1.97. The van der Waals surface area contributed by atoms with Gasteiger partial charge in [-0.1, -0.05) is 0 Å².